The molecule has 0 aliphatic carbocycles. The van der Waals surface area contributed by atoms with Crippen molar-refractivity contribution in [2.24, 2.45) is 11.8 Å². The zero-order valence-electron chi connectivity index (χ0n) is 11.3. The van der Waals surface area contributed by atoms with E-state index >= 15 is 0 Å². The third-order valence-electron chi connectivity index (χ3n) is 3.28. The van der Waals surface area contributed by atoms with E-state index in [1.165, 1.54) is 0 Å². The van der Waals surface area contributed by atoms with Gasteiger partial charge in [0.15, 0.2) is 0 Å². The Balaban J connectivity index is 2.29. The van der Waals surface area contributed by atoms with Gasteiger partial charge in [-0.15, -0.1) is 0 Å². The number of likely N-dealkylation sites (tertiary alicyclic amines) is 1. The van der Waals surface area contributed by atoms with Gasteiger partial charge in [-0.1, -0.05) is 6.92 Å². The topological polar surface area (TPSA) is 72.9 Å². The molecule has 1 saturated heterocycles. The Bertz CT molecular complexity index is 307. The highest BCUT2D eigenvalue weighted by atomic mass is 16.4. The number of rotatable bonds is 5. The first-order valence-electron chi connectivity index (χ1n) is 6.32. The van der Waals surface area contributed by atoms with E-state index in [-0.39, 0.29) is 11.9 Å². The number of hydrogen-bond donors (Lipinski definition) is 2. The Morgan fingerprint density at radius 3 is 2.56 bits per heavy atom. The van der Waals surface area contributed by atoms with E-state index in [4.69, 9.17) is 5.11 Å². The predicted octanol–water partition coefficient (Wildman–Crippen LogP) is 0.300. The molecule has 1 fully saturated rings. The number of amides is 2. The van der Waals surface area contributed by atoms with E-state index in [0.717, 1.165) is 13.0 Å². The summed E-state index contributed by atoms with van der Waals surface area (Å²) in [6.45, 7) is 4.26. The molecule has 1 rings (SSSR count). The number of nitrogens with one attached hydrogen (secondary N) is 1. The first-order chi connectivity index (χ1) is 8.41. The highest BCUT2D eigenvalue weighted by Gasteiger charge is 2.36. The van der Waals surface area contributed by atoms with Gasteiger partial charge in [0.25, 0.3) is 0 Å². The third-order valence-corrected chi connectivity index (χ3v) is 3.28. The summed E-state index contributed by atoms with van der Waals surface area (Å²) in [4.78, 5) is 26.4. The van der Waals surface area contributed by atoms with Crippen LogP contribution in [0.5, 0.6) is 0 Å². The predicted molar refractivity (Wildman–Crippen MR) is 68.4 cm³/mol. The lowest BCUT2D eigenvalue weighted by atomic mass is 9.99. The van der Waals surface area contributed by atoms with Gasteiger partial charge in [-0.2, -0.15) is 0 Å². The summed E-state index contributed by atoms with van der Waals surface area (Å²) in [5.41, 5.74) is 0. The zero-order chi connectivity index (χ0) is 13.7. The second-order valence-corrected chi connectivity index (χ2v) is 5.22. The fourth-order valence-electron chi connectivity index (χ4n) is 2.16. The van der Waals surface area contributed by atoms with Crippen LogP contribution in [0, 0.1) is 11.8 Å². The molecule has 104 valence electrons. The van der Waals surface area contributed by atoms with Gasteiger partial charge >= 0.3 is 12.0 Å². The van der Waals surface area contributed by atoms with Gasteiger partial charge in [-0.25, -0.2) is 4.79 Å². The van der Waals surface area contributed by atoms with Crippen LogP contribution in [0.25, 0.3) is 0 Å². The van der Waals surface area contributed by atoms with E-state index in [1.807, 2.05) is 21.0 Å². The molecule has 2 amide bonds. The minimum Gasteiger partial charge on any atom is -0.481 e. The van der Waals surface area contributed by atoms with Crippen molar-refractivity contribution in [1.29, 1.82) is 0 Å². The van der Waals surface area contributed by atoms with Crippen LogP contribution in [-0.2, 0) is 4.79 Å². The normalized spacial score (nSPS) is 23.4. The molecule has 2 atom stereocenters. The number of carboxylic acid groups (broad SMARTS) is 1. The molecule has 1 heterocycles. The van der Waals surface area contributed by atoms with E-state index < -0.39 is 11.9 Å². The molecule has 0 radical (unpaired) electrons. The Kier molecular flexibility index (Phi) is 5.40. The van der Waals surface area contributed by atoms with E-state index in [9.17, 15) is 9.59 Å². The van der Waals surface area contributed by atoms with Gasteiger partial charge in [0.2, 0.25) is 0 Å². The molecular formula is C12H23N3O3. The number of urea groups is 1. The van der Waals surface area contributed by atoms with Crippen LogP contribution in [0.2, 0.25) is 0 Å². The van der Waals surface area contributed by atoms with Crippen molar-refractivity contribution in [3.05, 3.63) is 0 Å². The minimum atomic E-state index is -0.814. The van der Waals surface area contributed by atoms with E-state index in [0.29, 0.717) is 19.6 Å². The molecule has 2 N–H and O–H groups in total. The molecule has 0 aromatic carbocycles. The second-order valence-electron chi connectivity index (χ2n) is 5.22. The summed E-state index contributed by atoms with van der Waals surface area (Å²) in [6.07, 6.45) is 0.893. The van der Waals surface area contributed by atoms with Gasteiger partial charge < -0.3 is 20.2 Å². The second kappa shape index (κ2) is 6.58. The molecule has 0 bridgehead atoms. The maximum atomic E-state index is 11.8. The number of carbonyl (C=O) groups is 2. The number of aliphatic carboxylic acids is 1. The number of carboxylic acids is 1. The molecule has 2 unspecified atom stereocenters. The summed E-state index contributed by atoms with van der Waals surface area (Å²) < 4.78 is 0. The summed E-state index contributed by atoms with van der Waals surface area (Å²) in [5.74, 6) is -1.22. The Labute approximate surface area is 108 Å². The van der Waals surface area contributed by atoms with Crippen LogP contribution in [0.4, 0.5) is 4.79 Å². The van der Waals surface area contributed by atoms with Crippen LogP contribution in [0.3, 0.4) is 0 Å². The van der Waals surface area contributed by atoms with E-state index in [1.54, 1.807) is 4.90 Å². The molecule has 6 heteroatoms. The first-order valence-corrected chi connectivity index (χ1v) is 6.32. The third kappa shape index (κ3) is 4.18. The fraction of sp³-hybridized carbons (Fsp3) is 0.833. The molecule has 18 heavy (non-hydrogen) atoms. The van der Waals surface area contributed by atoms with Crippen LogP contribution in [-0.4, -0.2) is 67.2 Å². The van der Waals surface area contributed by atoms with Gasteiger partial charge in [-0.3, -0.25) is 4.79 Å². The highest BCUT2D eigenvalue weighted by Crippen LogP contribution is 2.22. The maximum absolute atomic E-state index is 11.8. The average Bonchev–Trinajstić information content (AvgIpc) is 2.66. The lowest BCUT2D eigenvalue weighted by Crippen LogP contribution is -2.39. The van der Waals surface area contributed by atoms with Crippen molar-refractivity contribution < 1.29 is 14.7 Å². The summed E-state index contributed by atoms with van der Waals surface area (Å²) in [7, 11) is 3.98. The molecule has 0 spiro atoms. The molecule has 0 aromatic rings. The van der Waals surface area contributed by atoms with Gasteiger partial charge in [0.1, 0.15) is 0 Å². The Morgan fingerprint density at radius 1 is 1.39 bits per heavy atom. The largest absolute Gasteiger partial charge is 0.481 e. The number of hydrogen-bond acceptors (Lipinski definition) is 3. The average molecular weight is 257 g/mol. The Morgan fingerprint density at radius 2 is 2.06 bits per heavy atom. The maximum Gasteiger partial charge on any atom is 0.317 e. The standard InChI is InChI=1S/C12H23N3O3/c1-9-7-15(8-10(9)11(16)17)12(18)13-5-4-6-14(2)3/h9-10H,4-8H2,1-3H3,(H,13,18)(H,16,17). The van der Waals surface area contributed by atoms with Crippen LogP contribution in [0.15, 0.2) is 0 Å². The number of carbonyl (C=O) groups excluding carboxylic acids is 1. The van der Waals surface area contributed by atoms with Crippen molar-refractivity contribution in [3.8, 4) is 0 Å². The monoisotopic (exact) mass is 257 g/mol. The van der Waals surface area contributed by atoms with Crippen molar-refractivity contribution in [3.63, 3.8) is 0 Å². The number of nitrogens with zero attached hydrogens (tertiary/aromatic N) is 2. The zero-order valence-corrected chi connectivity index (χ0v) is 11.3. The molecule has 1 aliphatic heterocycles. The Hall–Kier alpha value is -1.30. The lowest BCUT2D eigenvalue weighted by molar-refractivity contribution is -0.142. The summed E-state index contributed by atoms with van der Waals surface area (Å²) >= 11 is 0. The summed E-state index contributed by atoms with van der Waals surface area (Å²) in [5, 5.41) is 11.8. The summed E-state index contributed by atoms with van der Waals surface area (Å²) in [6, 6.07) is -0.149. The molecule has 6 nitrogen and oxygen atoms in total. The fourth-order valence-corrected chi connectivity index (χ4v) is 2.16. The quantitative estimate of drug-likeness (QED) is 0.695. The molecule has 1 aliphatic rings. The van der Waals surface area contributed by atoms with Crippen LogP contribution in [0.1, 0.15) is 13.3 Å². The SMILES string of the molecule is CC1CN(C(=O)NCCCN(C)C)CC1C(=O)O. The van der Waals surface area contributed by atoms with Gasteiger partial charge in [0, 0.05) is 19.6 Å². The molecule has 0 saturated carbocycles. The van der Waals surface area contributed by atoms with Crippen LogP contribution < -0.4 is 5.32 Å². The minimum absolute atomic E-state index is 0.0232. The lowest BCUT2D eigenvalue weighted by Gasteiger charge is -2.17. The van der Waals surface area contributed by atoms with Crippen molar-refractivity contribution in [2.45, 2.75) is 13.3 Å². The molecular weight excluding hydrogens is 234 g/mol. The smallest absolute Gasteiger partial charge is 0.317 e. The van der Waals surface area contributed by atoms with Crippen LogP contribution >= 0.6 is 0 Å². The van der Waals surface area contributed by atoms with Gasteiger partial charge in [0.05, 0.1) is 5.92 Å². The first kappa shape index (κ1) is 14.8. The highest BCUT2D eigenvalue weighted by molar-refractivity contribution is 5.77. The van der Waals surface area contributed by atoms with Crippen molar-refractivity contribution in [1.82, 2.24) is 15.1 Å². The molecule has 0 aromatic heterocycles. The van der Waals surface area contributed by atoms with E-state index in [2.05, 4.69) is 10.2 Å². The van der Waals surface area contributed by atoms with Crippen molar-refractivity contribution >= 4 is 12.0 Å². The van der Waals surface area contributed by atoms with Crippen molar-refractivity contribution in [2.75, 3.05) is 40.3 Å². The van der Waals surface area contributed by atoms with Gasteiger partial charge in [-0.05, 0) is 33.0 Å².